The minimum atomic E-state index is 0.513. The zero-order chi connectivity index (χ0) is 12.4. The van der Waals surface area contributed by atoms with Crippen molar-refractivity contribution in [3.05, 3.63) is 11.5 Å². The summed E-state index contributed by atoms with van der Waals surface area (Å²) in [6, 6.07) is 0. The number of rotatable bonds is 3. The van der Waals surface area contributed by atoms with E-state index in [2.05, 4.69) is 18.8 Å². The van der Waals surface area contributed by atoms with Gasteiger partial charge in [-0.05, 0) is 25.2 Å². The van der Waals surface area contributed by atoms with E-state index < -0.39 is 0 Å². The molecule has 1 aromatic rings. The number of nitrogens with zero attached hydrogens (tertiary/aromatic N) is 2. The first-order chi connectivity index (χ1) is 8.13. The third-order valence-electron chi connectivity index (χ3n) is 3.85. The lowest BCUT2D eigenvalue weighted by Crippen LogP contribution is -2.17. The summed E-state index contributed by atoms with van der Waals surface area (Å²) in [7, 11) is 0. The molecule has 0 amide bonds. The van der Waals surface area contributed by atoms with E-state index >= 15 is 0 Å². The molecule has 2 unspecified atom stereocenters. The molecule has 4 heteroatoms. The maximum absolute atomic E-state index is 6.09. The molecule has 96 valence electrons. The molecule has 1 aliphatic rings. The Morgan fingerprint density at radius 3 is 2.82 bits per heavy atom. The van der Waals surface area contributed by atoms with Crippen molar-refractivity contribution in [3.8, 4) is 0 Å². The van der Waals surface area contributed by atoms with E-state index in [-0.39, 0.29) is 0 Å². The van der Waals surface area contributed by atoms with Crippen LogP contribution in [0.1, 0.15) is 63.4 Å². The van der Waals surface area contributed by atoms with Crippen LogP contribution in [-0.4, -0.2) is 9.66 Å². The fraction of sp³-hybridized carbons (Fsp3) is 0.769. The number of imidazole rings is 1. The van der Waals surface area contributed by atoms with Crippen LogP contribution in [0.3, 0.4) is 0 Å². The molecular weight excluding hydrogens is 212 g/mol. The molecule has 1 heterocycles. The molecule has 1 aliphatic carbocycles. The Hall–Kier alpha value is -1.19. The Morgan fingerprint density at radius 1 is 1.41 bits per heavy atom. The van der Waals surface area contributed by atoms with Crippen molar-refractivity contribution in [2.24, 2.45) is 5.92 Å². The molecule has 0 bridgehead atoms. The largest absolute Gasteiger partial charge is 0.382 e. The second-order valence-corrected chi connectivity index (χ2v) is 5.39. The van der Waals surface area contributed by atoms with E-state index in [0.717, 1.165) is 30.3 Å². The van der Waals surface area contributed by atoms with Crippen molar-refractivity contribution in [1.82, 2.24) is 9.66 Å². The first-order valence-electron chi connectivity index (χ1n) is 6.75. The Bertz CT molecular complexity index is 383. The van der Waals surface area contributed by atoms with Gasteiger partial charge in [-0.2, -0.15) is 0 Å². The Labute approximate surface area is 103 Å². The van der Waals surface area contributed by atoms with Crippen molar-refractivity contribution in [3.63, 3.8) is 0 Å². The predicted octanol–water partition coefficient (Wildman–Crippen LogP) is 2.43. The molecule has 17 heavy (non-hydrogen) atoms. The van der Waals surface area contributed by atoms with E-state index in [1.807, 2.05) is 0 Å². The highest BCUT2D eigenvalue weighted by atomic mass is 15.4. The highest BCUT2D eigenvalue weighted by Crippen LogP contribution is 2.37. The highest BCUT2D eigenvalue weighted by molar-refractivity contribution is 5.41. The number of aromatic nitrogens is 2. The van der Waals surface area contributed by atoms with Crippen LogP contribution in [0, 0.1) is 5.92 Å². The number of nitrogens with two attached hydrogens (primary N) is 2. The van der Waals surface area contributed by atoms with Gasteiger partial charge in [0.2, 0.25) is 0 Å². The van der Waals surface area contributed by atoms with Crippen LogP contribution in [0.4, 0.5) is 5.82 Å². The third-order valence-corrected chi connectivity index (χ3v) is 3.85. The zero-order valence-electron chi connectivity index (χ0n) is 10.9. The predicted molar refractivity (Wildman–Crippen MR) is 71.2 cm³/mol. The van der Waals surface area contributed by atoms with Gasteiger partial charge in [-0.1, -0.05) is 26.7 Å². The van der Waals surface area contributed by atoms with Gasteiger partial charge in [0.05, 0.1) is 5.69 Å². The average molecular weight is 236 g/mol. The maximum Gasteiger partial charge on any atom is 0.146 e. The van der Waals surface area contributed by atoms with Gasteiger partial charge in [-0.25, -0.2) is 9.66 Å². The van der Waals surface area contributed by atoms with Gasteiger partial charge in [-0.3, -0.25) is 0 Å². The molecule has 4 N–H and O–H groups in total. The number of hydrogen-bond donors (Lipinski definition) is 2. The van der Waals surface area contributed by atoms with Crippen LogP contribution in [0.15, 0.2) is 0 Å². The lowest BCUT2D eigenvalue weighted by Gasteiger charge is -2.25. The summed E-state index contributed by atoms with van der Waals surface area (Å²) in [5.74, 6) is 8.86. The van der Waals surface area contributed by atoms with Gasteiger partial charge in [0.15, 0.2) is 0 Å². The first kappa shape index (κ1) is 12.3. The van der Waals surface area contributed by atoms with Crippen molar-refractivity contribution in [2.45, 2.75) is 58.3 Å². The van der Waals surface area contributed by atoms with Crippen molar-refractivity contribution in [1.29, 1.82) is 0 Å². The van der Waals surface area contributed by atoms with Gasteiger partial charge in [0.25, 0.3) is 0 Å². The average Bonchev–Trinajstić information content (AvgIpc) is 2.58. The van der Waals surface area contributed by atoms with Crippen LogP contribution in [-0.2, 0) is 6.42 Å². The van der Waals surface area contributed by atoms with Crippen LogP contribution in [0.2, 0.25) is 0 Å². The molecule has 0 spiro atoms. The van der Waals surface area contributed by atoms with E-state index in [1.165, 1.54) is 25.7 Å². The summed E-state index contributed by atoms with van der Waals surface area (Å²) in [4.78, 5) is 4.67. The Balaban J connectivity index is 2.22. The summed E-state index contributed by atoms with van der Waals surface area (Å²) >= 11 is 0. The molecule has 0 saturated heterocycles. The van der Waals surface area contributed by atoms with Crippen LogP contribution >= 0.6 is 0 Å². The molecule has 0 aliphatic heterocycles. The SMILES string of the molecule is CCCc1nc(C2CCCC(C)C2)c(N)n1N. The standard InChI is InChI=1S/C13H24N4/c1-3-5-11-16-12(13(14)17(11)15)10-7-4-6-9(2)8-10/h9-10H,3-8,14-15H2,1-2H3. The lowest BCUT2D eigenvalue weighted by molar-refractivity contribution is 0.341. The summed E-state index contributed by atoms with van der Waals surface area (Å²) in [6.07, 6.45) is 6.98. The van der Waals surface area contributed by atoms with Crippen LogP contribution < -0.4 is 11.6 Å². The van der Waals surface area contributed by atoms with Gasteiger partial charge in [-0.15, -0.1) is 0 Å². The molecule has 1 fully saturated rings. The smallest absolute Gasteiger partial charge is 0.146 e. The molecule has 2 atom stereocenters. The molecule has 4 nitrogen and oxygen atoms in total. The van der Waals surface area contributed by atoms with Crippen molar-refractivity contribution in [2.75, 3.05) is 11.6 Å². The number of aryl methyl sites for hydroxylation is 1. The minimum Gasteiger partial charge on any atom is -0.382 e. The fourth-order valence-electron chi connectivity index (χ4n) is 2.90. The van der Waals surface area contributed by atoms with Gasteiger partial charge in [0.1, 0.15) is 11.6 Å². The van der Waals surface area contributed by atoms with E-state index in [1.54, 1.807) is 4.68 Å². The summed E-state index contributed by atoms with van der Waals surface area (Å²) in [5.41, 5.74) is 7.13. The number of anilines is 1. The summed E-state index contributed by atoms with van der Waals surface area (Å²) in [5, 5.41) is 0. The van der Waals surface area contributed by atoms with Gasteiger partial charge < -0.3 is 11.6 Å². The topological polar surface area (TPSA) is 69.9 Å². The third kappa shape index (κ3) is 2.40. The van der Waals surface area contributed by atoms with E-state index in [9.17, 15) is 0 Å². The minimum absolute atomic E-state index is 0.513. The Kier molecular flexibility index (Phi) is 3.60. The maximum atomic E-state index is 6.09. The lowest BCUT2D eigenvalue weighted by atomic mass is 9.81. The van der Waals surface area contributed by atoms with Gasteiger partial charge >= 0.3 is 0 Å². The quantitative estimate of drug-likeness (QED) is 0.792. The van der Waals surface area contributed by atoms with Crippen molar-refractivity contribution >= 4 is 5.82 Å². The molecule has 1 aromatic heterocycles. The van der Waals surface area contributed by atoms with E-state index in [0.29, 0.717) is 11.7 Å². The van der Waals surface area contributed by atoms with Crippen molar-refractivity contribution < 1.29 is 0 Å². The fourth-order valence-corrected chi connectivity index (χ4v) is 2.90. The molecule has 0 aromatic carbocycles. The molecular formula is C13H24N4. The van der Waals surface area contributed by atoms with Crippen LogP contribution in [0.5, 0.6) is 0 Å². The highest BCUT2D eigenvalue weighted by Gasteiger charge is 2.26. The first-order valence-corrected chi connectivity index (χ1v) is 6.75. The monoisotopic (exact) mass is 236 g/mol. The Morgan fingerprint density at radius 2 is 2.18 bits per heavy atom. The summed E-state index contributed by atoms with van der Waals surface area (Å²) < 4.78 is 1.58. The zero-order valence-corrected chi connectivity index (χ0v) is 10.9. The van der Waals surface area contributed by atoms with E-state index in [4.69, 9.17) is 11.6 Å². The second kappa shape index (κ2) is 4.98. The van der Waals surface area contributed by atoms with Crippen LogP contribution in [0.25, 0.3) is 0 Å². The molecule has 0 radical (unpaired) electrons. The normalized spacial score (nSPS) is 25.1. The number of nitrogen functional groups attached to an aromatic ring is 2. The molecule has 1 saturated carbocycles. The second-order valence-electron chi connectivity index (χ2n) is 5.39. The molecule has 2 rings (SSSR count). The number of hydrogen-bond acceptors (Lipinski definition) is 3. The van der Waals surface area contributed by atoms with Gasteiger partial charge in [0, 0.05) is 12.3 Å². The summed E-state index contributed by atoms with van der Waals surface area (Å²) in [6.45, 7) is 4.45.